The largest absolute Gasteiger partial charge is 0.395 e. The highest BCUT2D eigenvalue weighted by molar-refractivity contribution is 5.97. The molecule has 0 aliphatic heterocycles. The lowest BCUT2D eigenvalue weighted by Crippen LogP contribution is -2.31. The zero-order valence-corrected chi connectivity index (χ0v) is 13.4. The Kier molecular flexibility index (Phi) is 4.90. The zero-order chi connectivity index (χ0) is 17.8. The van der Waals surface area contributed by atoms with Crippen LogP contribution in [0.15, 0.2) is 59.5 Å². The van der Waals surface area contributed by atoms with E-state index in [1.165, 1.54) is 18.3 Å². The summed E-state index contributed by atoms with van der Waals surface area (Å²) in [6.45, 7) is 0.257. The monoisotopic (exact) mass is 340 g/mol. The number of hydrogen-bond donors (Lipinski definition) is 2. The Labute approximate surface area is 143 Å². The fourth-order valence-electron chi connectivity index (χ4n) is 2.69. The molecule has 0 saturated carbocycles. The van der Waals surface area contributed by atoms with Crippen molar-refractivity contribution in [3.63, 3.8) is 0 Å². The van der Waals surface area contributed by atoms with E-state index in [9.17, 15) is 14.0 Å². The summed E-state index contributed by atoms with van der Waals surface area (Å²) in [7, 11) is 0. The molecule has 128 valence electrons. The van der Waals surface area contributed by atoms with Gasteiger partial charge in [-0.25, -0.2) is 4.39 Å². The summed E-state index contributed by atoms with van der Waals surface area (Å²) in [5.74, 6) is -0.852. The van der Waals surface area contributed by atoms with Crippen LogP contribution in [0.3, 0.4) is 0 Å². The lowest BCUT2D eigenvalue weighted by atomic mass is 10.1. The average Bonchev–Trinajstić information content (AvgIpc) is 2.64. The minimum absolute atomic E-state index is 0.00858. The Morgan fingerprint density at radius 2 is 1.84 bits per heavy atom. The number of rotatable bonds is 5. The summed E-state index contributed by atoms with van der Waals surface area (Å²) in [6, 6.07) is 13.1. The Hall–Kier alpha value is -2.99. The normalized spacial score (nSPS) is 10.8. The van der Waals surface area contributed by atoms with Gasteiger partial charge < -0.3 is 15.0 Å². The van der Waals surface area contributed by atoms with E-state index >= 15 is 0 Å². The minimum Gasteiger partial charge on any atom is -0.395 e. The smallest absolute Gasteiger partial charge is 0.256 e. The van der Waals surface area contributed by atoms with Crippen molar-refractivity contribution in [1.82, 2.24) is 9.88 Å². The molecule has 0 saturated heterocycles. The fourth-order valence-corrected chi connectivity index (χ4v) is 2.69. The summed E-state index contributed by atoms with van der Waals surface area (Å²) in [6.07, 6.45) is 1.50. The second-order valence-corrected chi connectivity index (χ2v) is 5.62. The first kappa shape index (κ1) is 16.9. The third kappa shape index (κ3) is 3.59. The molecule has 25 heavy (non-hydrogen) atoms. The lowest BCUT2D eigenvalue weighted by molar-refractivity contribution is 0.0943. The SMILES string of the molecule is O=C(NCCO)c1cn(Cc2ccc(F)cc2)c2ccccc2c1=O. The van der Waals surface area contributed by atoms with E-state index < -0.39 is 5.91 Å². The van der Waals surface area contributed by atoms with E-state index in [4.69, 9.17) is 5.11 Å². The van der Waals surface area contributed by atoms with Gasteiger partial charge in [-0.15, -0.1) is 0 Å². The van der Waals surface area contributed by atoms with Crippen molar-refractivity contribution in [2.45, 2.75) is 6.54 Å². The third-order valence-electron chi connectivity index (χ3n) is 3.90. The molecule has 0 atom stereocenters. The number of para-hydroxylation sites is 1. The Balaban J connectivity index is 2.09. The molecule has 0 bridgehead atoms. The van der Waals surface area contributed by atoms with Gasteiger partial charge in [-0.1, -0.05) is 24.3 Å². The fraction of sp³-hybridized carbons (Fsp3) is 0.158. The van der Waals surface area contributed by atoms with Crippen LogP contribution in [0, 0.1) is 5.82 Å². The first-order valence-electron chi connectivity index (χ1n) is 7.86. The predicted octanol–water partition coefficient (Wildman–Crippen LogP) is 1.91. The Morgan fingerprint density at radius 3 is 2.56 bits per heavy atom. The van der Waals surface area contributed by atoms with Crippen LogP contribution in [0.5, 0.6) is 0 Å². The molecule has 5 nitrogen and oxygen atoms in total. The molecule has 0 radical (unpaired) electrons. The van der Waals surface area contributed by atoms with E-state index in [1.54, 1.807) is 34.9 Å². The maximum absolute atomic E-state index is 13.1. The number of hydrogen-bond acceptors (Lipinski definition) is 3. The molecule has 1 amide bonds. The van der Waals surface area contributed by atoms with Crippen molar-refractivity contribution in [3.05, 3.63) is 81.9 Å². The van der Waals surface area contributed by atoms with Gasteiger partial charge in [0, 0.05) is 24.7 Å². The molecule has 1 aromatic heterocycles. The summed E-state index contributed by atoms with van der Waals surface area (Å²) >= 11 is 0. The van der Waals surface area contributed by atoms with Gasteiger partial charge in [-0.05, 0) is 29.8 Å². The minimum atomic E-state index is -0.530. The molecular weight excluding hydrogens is 323 g/mol. The van der Waals surface area contributed by atoms with Crippen molar-refractivity contribution < 1.29 is 14.3 Å². The molecule has 3 aromatic rings. The molecule has 6 heteroatoms. The van der Waals surface area contributed by atoms with Gasteiger partial charge in [0.2, 0.25) is 5.43 Å². The number of carbonyl (C=O) groups is 1. The first-order valence-corrected chi connectivity index (χ1v) is 7.86. The van der Waals surface area contributed by atoms with Crippen molar-refractivity contribution >= 4 is 16.8 Å². The molecule has 0 aliphatic rings. The van der Waals surface area contributed by atoms with E-state index in [2.05, 4.69) is 5.32 Å². The van der Waals surface area contributed by atoms with E-state index in [0.29, 0.717) is 17.4 Å². The van der Waals surface area contributed by atoms with Gasteiger partial charge >= 0.3 is 0 Å². The Morgan fingerprint density at radius 1 is 1.12 bits per heavy atom. The second-order valence-electron chi connectivity index (χ2n) is 5.62. The van der Waals surface area contributed by atoms with Gasteiger partial charge in [0.1, 0.15) is 11.4 Å². The second kappa shape index (κ2) is 7.27. The number of carbonyl (C=O) groups excluding carboxylic acids is 1. The van der Waals surface area contributed by atoms with Gasteiger partial charge in [-0.2, -0.15) is 0 Å². The molecule has 2 aromatic carbocycles. The summed E-state index contributed by atoms with van der Waals surface area (Å²) in [4.78, 5) is 24.8. The van der Waals surface area contributed by atoms with Crippen LogP contribution in [-0.4, -0.2) is 28.7 Å². The standard InChI is InChI=1S/C19H17FN2O3/c20-14-7-5-13(6-8-14)11-22-12-16(19(25)21-9-10-23)18(24)15-3-1-2-4-17(15)22/h1-8,12,23H,9-11H2,(H,21,25). The van der Waals surface area contributed by atoms with Crippen LogP contribution in [0.2, 0.25) is 0 Å². The summed E-state index contributed by atoms with van der Waals surface area (Å²) < 4.78 is 14.9. The number of amides is 1. The highest BCUT2D eigenvalue weighted by atomic mass is 19.1. The maximum atomic E-state index is 13.1. The molecule has 0 unspecified atom stereocenters. The number of nitrogens with one attached hydrogen (secondary N) is 1. The summed E-state index contributed by atoms with van der Waals surface area (Å²) in [5, 5.41) is 11.8. The number of halogens is 1. The topological polar surface area (TPSA) is 71.3 Å². The molecule has 1 heterocycles. The molecular formula is C19H17FN2O3. The highest BCUT2D eigenvalue weighted by Crippen LogP contribution is 2.14. The number of benzene rings is 2. The Bertz CT molecular complexity index is 965. The van der Waals surface area contributed by atoms with Crippen molar-refractivity contribution in [1.29, 1.82) is 0 Å². The highest BCUT2D eigenvalue weighted by Gasteiger charge is 2.15. The van der Waals surface area contributed by atoms with E-state index in [1.807, 2.05) is 6.07 Å². The number of aliphatic hydroxyl groups excluding tert-OH is 1. The van der Waals surface area contributed by atoms with Gasteiger partial charge in [0.25, 0.3) is 5.91 Å². The van der Waals surface area contributed by atoms with Crippen LogP contribution in [0.4, 0.5) is 4.39 Å². The van der Waals surface area contributed by atoms with Crippen molar-refractivity contribution in [3.8, 4) is 0 Å². The average molecular weight is 340 g/mol. The molecule has 0 fully saturated rings. The zero-order valence-electron chi connectivity index (χ0n) is 13.4. The van der Waals surface area contributed by atoms with Crippen LogP contribution in [-0.2, 0) is 6.54 Å². The number of aromatic nitrogens is 1. The molecule has 0 spiro atoms. The molecule has 0 aliphatic carbocycles. The quantitative estimate of drug-likeness (QED) is 0.745. The van der Waals surface area contributed by atoms with Crippen LogP contribution in [0.1, 0.15) is 15.9 Å². The predicted molar refractivity (Wildman–Crippen MR) is 93.1 cm³/mol. The van der Waals surface area contributed by atoms with E-state index in [-0.39, 0.29) is 30.0 Å². The van der Waals surface area contributed by atoms with Crippen LogP contribution < -0.4 is 10.7 Å². The van der Waals surface area contributed by atoms with Gasteiger partial charge in [0.15, 0.2) is 0 Å². The number of aliphatic hydroxyl groups is 1. The van der Waals surface area contributed by atoms with Crippen molar-refractivity contribution in [2.24, 2.45) is 0 Å². The molecule has 3 rings (SSSR count). The first-order chi connectivity index (χ1) is 12.1. The lowest BCUT2D eigenvalue weighted by Gasteiger charge is -2.13. The van der Waals surface area contributed by atoms with Crippen LogP contribution in [0.25, 0.3) is 10.9 Å². The molecule has 2 N–H and O–H groups in total. The number of nitrogens with zero attached hydrogens (tertiary/aromatic N) is 1. The van der Waals surface area contributed by atoms with Crippen LogP contribution >= 0.6 is 0 Å². The third-order valence-corrected chi connectivity index (χ3v) is 3.90. The maximum Gasteiger partial charge on any atom is 0.256 e. The number of pyridine rings is 1. The van der Waals surface area contributed by atoms with Gasteiger partial charge in [-0.3, -0.25) is 9.59 Å². The van der Waals surface area contributed by atoms with E-state index in [0.717, 1.165) is 5.56 Å². The van der Waals surface area contributed by atoms with Gasteiger partial charge in [0.05, 0.1) is 12.1 Å². The summed E-state index contributed by atoms with van der Waals surface area (Å²) in [5.41, 5.74) is 1.18. The van der Waals surface area contributed by atoms with Crippen molar-refractivity contribution in [2.75, 3.05) is 13.2 Å². The number of fused-ring (bicyclic) bond motifs is 1.